The molecule has 3 heterocycles. The fourth-order valence-electron chi connectivity index (χ4n) is 9.21. The second-order valence-corrected chi connectivity index (χ2v) is 18.3. The normalized spacial score (nSPS) is 25.6. The summed E-state index contributed by atoms with van der Waals surface area (Å²) in [6.45, 7) is 20.9. The summed E-state index contributed by atoms with van der Waals surface area (Å²) in [5.41, 5.74) is -0.311. The van der Waals surface area contributed by atoms with E-state index in [0.717, 1.165) is 63.9 Å². The van der Waals surface area contributed by atoms with E-state index < -0.39 is 5.60 Å². The second kappa shape index (κ2) is 16.7. The summed E-state index contributed by atoms with van der Waals surface area (Å²) in [6.07, 6.45) is 17.8. The molecule has 2 amide bonds. The number of carbonyl (C=O) groups excluding carboxylic acids is 2. The van der Waals surface area contributed by atoms with Crippen LogP contribution in [0.1, 0.15) is 138 Å². The van der Waals surface area contributed by atoms with Crippen LogP contribution in [0.4, 0.5) is 4.79 Å². The van der Waals surface area contributed by atoms with E-state index in [1.54, 1.807) is 0 Å². The largest absolute Gasteiger partial charge is 0.444 e. The molecule has 5 rings (SSSR count). The van der Waals surface area contributed by atoms with Crippen LogP contribution in [-0.4, -0.2) is 103 Å². The van der Waals surface area contributed by atoms with Gasteiger partial charge in [0.05, 0.1) is 18.8 Å². The molecular formula is C39H72N4O5. The molecule has 0 aromatic carbocycles. The number of morpholine rings is 1. The van der Waals surface area contributed by atoms with E-state index in [4.69, 9.17) is 9.47 Å². The first-order valence-corrected chi connectivity index (χ1v) is 19.5. The highest BCUT2D eigenvalue weighted by Gasteiger charge is 2.47. The summed E-state index contributed by atoms with van der Waals surface area (Å²) < 4.78 is 11.1. The Labute approximate surface area is 293 Å². The molecule has 0 aromatic rings. The molecular weight excluding hydrogens is 604 g/mol. The van der Waals surface area contributed by atoms with Crippen molar-refractivity contribution in [2.24, 2.45) is 22.7 Å². The molecule has 0 radical (unpaired) electrons. The summed E-state index contributed by atoms with van der Waals surface area (Å²) in [7, 11) is 0. The summed E-state index contributed by atoms with van der Waals surface area (Å²) in [5, 5.41) is 16.7. The lowest BCUT2D eigenvalue weighted by Crippen LogP contribution is -2.61. The third kappa shape index (κ3) is 10.6. The van der Waals surface area contributed by atoms with Gasteiger partial charge in [-0.25, -0.2) is 4.79 Å². The number of hydrogen-bond acceptors (Lipinski definition) is 7. The Kier molecular flexibility index (Phi) is 13.7. The lowest BCUT2D eigenvalue weighted by atomic mass is 9.63. The highest BCUT2D eigenvalue weighted by Crippen LogP contribution is 2.47. The molecule has 5 aliphatic rings. The van der Waals surface area contributed by atoms with Gasteiger partial charge in [-0.05, 0) is 136 Å². The number of carbonyl (C=O) groups is 2. The van der Waals surface area contributed by atoms with Crippen LogP contribution in [0.25, 0.3) is 0 Å². The van der Waals surface area contributed by atoms with Gasteiger partial charge in [0.2, 0.25) is 5.91 Å². The zero-order valence-corrected chi connectivity index (χ0v) is 31.9. The lowest BCUT2D eigenvalue weighted by Gasteiger charge is -2.52. The molecule has 278 valence electrons. The Hall–Kier alpha value is -1.42. The molecule has 3 saturated heterocycles. The van der Waals surface area contributed by atoms with E-state index >= 15 is 0 Å². The third-order valence-corrected chi connectivity index (χ3v) is 12.5. The predicted molar refractivity (Wildman–Crippen MR) is 193 cm³/mol. The molecule has 9 heteroatoms. The van der Waals surface area contributed by atoms with Crippen molar-refractivity contribution in [3.8, 4) is 0 Å². The van der Waals surface area contributed by atoms with E-state index in [0.29, 0.717) is 12.0 Å². The molecule has 0 unspecified atom stereocenters. The van der Waals surface area contributed by atoms with Gasteiger partial charge in [0.25, 0.3) is 0 Å². The number of nitrogens with zero attached hydrogens (tertiary/aromatic N) is 2. The van der Waals surface area contributed by atoms with Crippen LogP contribution in [-0.2, 0) is 14.3 Å². The SMILES string of the molecule is CC(C)(CO)NCC1(C2CCCCC2)CCN(C(=O)OC(C)(C)C)CC1.CC1(C)COCC(=O)N1CC1(C2CCCCC2)CCNCC1. The number of ether oxygens (including phenoxy) is 2. The van der Waals surface area contributed by atoms with Gasteiger partial charge in [-0.15, -0.1) is 0 Å². The number of aliphatic hydroxyl groups is 1. The van der Waals surface area contributed by atoms with E-state index in [-0.39, 0.29) is 41.7 Å². The predicted octanol–water partition coefficient (Wildman–Crippen LogP) is 6.52. The van der Waals surface area contributed by atoms with Gasteiger partial charge in [-0.1, -0.05) is 38.5 Å². The molecule has 2 aliphatic carbocycles. The summed E-state index contributed by atoms with van der Waals surface area (Å²) in [6, 6.07) is 0. The summed E-state index contributed by atoms with van der Waals surface area (Å²) in [4.78, 5) is 28.9. The molecule has 3 aliphatic heterocycles. The van der Waals surface area contributed by atoms with Gasteiger partial charge >= 0.3 is 6.09 Å². The van der Waals surface area contributed by atoms with Crippen LogP contribution in [0.15, 0.2) is 0 Å². The Bertz CT molecular complexity index is 1010. The lowest BCUT2D eigenvalue weighted by molar-refractivity contribution is -0.160. The van der Waals surface area contributed by atoms with Crippen molar-refractivity contribution in [1.29, 1.82) is 0 Å². The number of amides is 2. The van der Waals surface area contributed by atoms with Crippen LogP contribution in [0, 0.1) is 22.7 Å². The van der Waals surface area contributed by atoms with Crippen molar-refractivity contribution in [2.45, 2.75) is 155 Å². The maximum atomic E-state index is 12.5. The maximum Gasteiger partial charge on any atom is 0.410 e. The first kappa shape index (κ1) is 39.4. The average Bonchev–Trinajstić information content (AvgIpc) is 3.06. The second-order valence-electron chi connectivity index (χ2n) is 18.3. The Morgan fingerprint density at radius 1 is 0.896 bits per heavy atom. The highest BCUT2D eigenvalue weighted by atomic mass is 16.6. The van der Waals surface area contributed by atoms with Gasteiger partial charge < -0.3 is 35.0 Å². The van der Waals surface area contributed by atoms with Crippen LogP contribution in [0.3, 0.4) is 0 Å². The molecule has 0 aromatic heterocycles. The van der Waals surface area contributed by atoms with Crippen molar-refractivity contribution in [3.63, 3.8) is 0 Å². The topological polar surface area (TPSA) is 103 Å². The minimum atomic E-state index is -0.443. The smallest absolute Gasteiger partial charge is 0.410 e. The highest BCUT2D eigenvalue weighted by molar-refractivity contribution is 5.79. The van der Waals surface area contributed by atoms with Crippen LogP contribution >= 0.6 is 0 Å². The zero-order chi connectivity index (χ0) is 35.1. The first-order chi connectivity index (χ1) is 22.6. The van der Waals surface area contributed by atoms with E-state index in [1.165, 1.54) is 77.0 Å². The molecule has 3 N–H and O–H groups in total. The van der Waals surface area contributed by atoms with Gasteiger partial charge in [-0.3, -0.25) is 4.79 Å². The number of rotatable bonds is 8. The van der Waals surface area contributed by atoms with Crippen LogP contribution in [0.5, 0.6) is 0 Å². The van der Waals surface area contributed by atoms with Crippen molar-refractivity contribution in [1.82, 2.24) is 20.4 Å². The van der Waals surface area contributed by atoms with Crippen molar-refractivity contribution >= 4 is 12.0 Å². The minimum absolute atomic E-state index is 0.137. The number of piperidine rings is 2. The number of nitrogens with one attached hydrogen (secondary N) is 2. The fourth-order valence-corrected chi connectivity index (χ4v) is 9.21. The molecule has 0 bridgehead atoms. The fraction of sp³-hybridized carbons (Fsp3) is 0.949. The minimum Gasteiger partial charge on any atom is -0.444 e. The van der Waals surface area contributed by atoms with E-state index in [1.807, 2.05) is 25.7 Å². The van der Waals surface area contributed by atoms with Crippen molar-refractivity contribution in [3.05, 3.63) is 0 Å². The molecule has 0 atom stereocenters. The third-order valence-electron chi connectivity index (χ3n) is 12.5. The Balaban J connectivity index is 0.000000219. The zero-order valence-electron chi connectivity index (χ0n) is 31.9. The van der Waals surface area contributed by atoms with Crippen LogP contribution in [0.2, 0.25) is 0 Å². The van der Waals surface area contributed by atoms with E-state index in [9.17, 15) is 14.7 Å². The quantitative estimate of drug-likeness (QED) is 0.269. The monoisotopic (exact) mass is 677 g/mol. The maximum absolute atomic E-state index is 12.5. The van der Waals surface area contributed by atoms with Gasteiger partial charge in [0.1, 0.15) is 12.2 Å². The summed E-state index contributed by atoms with van der Waals surface area (Å²) in [5.74, 6) is 1.71. The first-order valence-electron chi connectivity index (χ1n) is 19.5. The number of likely N-dealkylation sites (tertiary alicyclic amines) is 1. The van der Waals surface area contributed by atoms with Crippen LogP contribution < -0.4 is 10.6 Å². The van der Waals surface area contributed by atoms with Gasteiger partial charge in [0.15, 0.2) is 0 Å². The summed E-state index contributed by atoms with van der Waals surface area (Å²) >= 11 is 0. The molecule has 48 heavy (non-hydrogen) atoms. The van der Waals surface area contributed by atoms with Gasteiger partial charge in [-0.2, -0.15) is 0 Å². The molecule has 2 saturated carbocycles. The standard InChI is InChI=1S/C21H40N2O3.C18H32N2O2/c1-19(2,3)26-18(25)23-13-11-21(12-14-23,15-22-20(4,5)16-24)17-9-7-6-8-10-17;1-17(2)14-22-12-16(21)20(17)13-18(8-10-19-11-9-18)15-6-4-3-5-7-15/h17,22,24H,6-16H2,1-5H3;15,19H,3-14H2,1-2H3. The molecule has 9 nitrogen and oxygen atoms in total. The van der Waals surface area contributed by atoms with Gasteiger partial charge in [0, 0.05) is 31.7 Å². The van der Waals surface area contributed by atoms with Crippen molar-refractivity contribution in [2.75, 3.05) is 59.1 Å². The molecule has 5 fully saturated rings. The number of aliphatic hydroxyl groups excluding tert-OH is 1. The Morgan fingerprint density at radius 3 is 1.94 bits per heavy atom. The number of hydrogen-bond donors (Lipinski definition) is 3. The Morgan fingerprint density at radius 2 is 1.44 bits per heavy atom. The average molecular weight is 677 g/mol. The van der Waals surface area contributed by atoms with Crippen molar-refractivity contribution < 1.29 is 24.2 Å². The molecule has 0 spiro atoms. The van der Waals surface area contributed by atoms with E-state index in [2.05, 4.69) is 43.2 Å².